The maximum Gasteiger partial charge on any atom is 0.286 e. The SMILES string of the molecule is Cc1c(Cn2cc([N+](=O)[O-])cc(C(N)=O)c2=O)cccc1[N+](=O)[O-]. The van der Waals surface area contributed by atoms with Gasteiger partial charge in [0.2, 0.25) is 0 Å². The minimum absolute atomic E-state index is 0.138. The van der Waals surface area contributed by atoms with Crippen molar-refractivity contribution < 1.29 is 14.6 Å². The number of carbonyl (C=O) groups excluding carboxylic acids is 1. The topological polar surface area (TPSA) is 151 Å². The van der Waals surface area contributed by atoms with Gasteiger partial charge in [-0.3, -0.25) is 29.8 Å². The third kappa shape index (κ3) is 3.11. The maximum absolute atomic E-state index is 12.2. The average Bonchev–Trinajstić information content (AvgIpc) is 2.50. The maximum atomic E-state index is 12.2. The molecular formula is C14H12N4O6. The Kier molecular flexibility index (Phi) is 4.40. The number of hydrogen-bond acceptors (Lipinski definition) is 6. The van der Waals surface area contributed by atoms with Crippen molar-refractivity contribution in [2.24, 2.45) is 5.73 Å². The van der Waals surface area contributed by atoms with Crippen molar-refractivity contribution in [1.29, 1.82) is 0 Å². The molecule has 24 heavy (non-hydrogen) atoms. The lowest BCUT2D eigenvalue weighted by Gasteiger charge is -2.10. The highest BCUT2D eigenvalue weighted by Gasteiger charge is 2.19. The molecule has 0 atom stereocenters. The molecular weight excluding hydrogens is 320 g/mol. The Bertz CT molecular complexity index is 918. The molecule has 0 aliphatic heterocycles. The van der Waals surface area contributed by atoms with Crippen LogP contribution < -0.4 is 11.3 Å². The molecule has 0 saturated carbocycles. The fourth-order valence-electron chi connectivity index (χ4n) is 2.24. The summed E-state index contributed by atoms with van der Waals surface area (Å²) in [5, 5.41) is 21.9. The predicted molar refractivity (Wildman–Crippen MR) is 82.8 cm³/mol. The van der Waals surface area contributed by atoms with Crippen molar-refractivity contribution in [3.8, 4) is 0 Å². The number of nitro groups is 2. The minimum atomic E-state index is -1.09. The van der Waals surface area contributed by atoms with E-state index in [4.69, 9.17) is 5.73 Å². The van der Waals surface area contributed by atoms with Gasteiger partial charge in [0.05, 0.1) is 22.6 Å². The molecule has 0 saturated heterocycles. The highest BCUT2D eigenvalue weighted by Crippen LogP contribution is 2.22. The lowest BCUT2D eigenvalue weighted by molar-refractivity contribution is -0.385. The number of aromatic nitrogens is 1. The van der Waals surface area contributed by atoms with E-state index in [-0.39, 0.29) is 12.2 Å². The van der Waals surface area contributed by atoms with Crippen LogP contribution in [0.3, 0.4) is 0 Å². The van der Waals surface area contributed by atoms with Crippen LogP contribution in [-0.4, -0.2) is 20.3 Å². The van der Waals surface area contributed by atoms with E-state index < -0.39 is 32.6 Å². The number of carbonyl (C=O) groups is 1. The Hall–Kier alpha value is -3.56. The third-order valence-corrected chi connectivity index (χ3v) is 3.50. The highest BCUT2D eigenvalue weighted by molar-refractivity contribution is 5.92. The average molecular weight is 332 g/mol. The second-order valence-corrected chi connectivity index (χ2v) is 4.98. The number of nitrogens with two attached hydrogens (primary N) is 1. The number of pyridine rings is 1. The van der Waals surface area contributed by atoms with E-state index in [1.54, 1.807) is 6.07 Å². The molecule has 0 aliphatic carbocycles. The lowest BCUT2D eigenvalue weighted by Crippen LogP contribution is -2.30. The summed E-state index contributed by atoms with van der Waals surface area (Å²) in [5.41, 5.74) is 3.87. The summed E-state index contributed by atoms with van der Waals surface area (Å²) in [6.07, 6.45) is 0.965. The molecule has 2 rings (SSSR count). The number of nitro benzene ring substituents is 1. The smallest absolute Gasteiger partial charge is 0.286 e. The van der Waals surface area contributed by atoms with Crippen LogP contribution in [0.25, 0.3) is 0 Å². The second-order valence-electron chi connectivity index (χ2n) is 4.98. The number of rotatable bonds is 5. The summed E-state index contributed by atoms with van der Waals surface area (Å²) < 4.78 is 0.935. The van der Waals surface area contributed by atoms with E-state index in [0.29, 0.717) is 11.1 Å². The Morgan fingerprint density at radius 1 is 1.25 bits per heavy atom. The summed E-state index contributed by atoms with van der Waals surface area (Å²) in [7, 11) is 0. The van der Waals surface area contributed by atoms with Crippen LogP contribution in [0.15, 0.2) is 35.3 Å². The first-order valence-corrected chi connectivity index (χ1v) is 6.64. The van der Waals surface area contributed by atoms with Crippen LogP contribution in [0, 0.1) is 27.2 Å². The Morgan fingerprint density at radius 3 is 2.46 bits per heavy atom. The van der Waals surface area contributed by atoms with Gasteiger partial charge in [0.15, 0.2) is 0 Å². The van der Waals surface area contributed by atoms with Crippen molar-refractivity contribution in [2.45, 2.75) is 13.5 Å². The fraction of sp³-hybridized carbons (Fsp3) is 0.143. The molecule has 0 unspecified atom stereocenters. The molecule has 0 radical (unpaired) electrons. The van der Waals surface area contributed by atoms with Gasteiger partial charge in [0.25, 0.3) is 22.8 Å². The predicted octanol–water partition coefficient (Wildman–Crippen LogP) is 1.12. The standard InChI is InChI=1S/C14H12N4O6/c1-8-9(3-2-4-12(8)18(23)24)6-16-7-10(17(21)22)5-11(13(15)19)14(16)20/h2-5,7H,6H2,1H3,(H2,15,19). The summed E-state index contributed by atoms with van der Waals surface area (Å²) >= 11 is 0. The van der Waals surface area contributed by atoms with Crippen LogP contribution in [0.4, 0.5) is 11.4 Å². The molecule has 0 fully saturated rings. The molecule has 0 aliphatic rings. The Balaban J connectivity index is 2.60. The van der Waals surface area contributed by atoms with Gasteiger partial charge < -0.3 is 10.3 Å². The Morgan fingerprint density at radius 2 is 1.92 bits per heavy atom. The van der Waals surface area contributed by atoms with E-state index in [9.17, 15) is 29.8 Å². The van der Waals surface area contributed by atoms with E-state index in [2.05, 4.69) is 0 Å². The first kappa shape index (κ1) is 16.8. The van der Waals surface area contributed by atoms with E-state index in [1.165, 1.54) is 19.1 Å². The van der Waals surface area contributed by atoms with E-state index in [1.807, 2.05) is 0 Å². The van der Waals surface area contributed by atoms with Gasteiger partial charge in [-0.25, -0.2) is 0 Å². The summed E-state index contributed by atoms with van der Waals surface area (Å²) in [6, 6.07) is 5.11. The number of benzene rings is 1. The molecule has 2 aromatic rings. The summed E-state index contributed by atoms with van der Waals surface area (Å²) in [4.78, 5) is 44.1. The van der Waals surface area contributed by atoms with Gasteiger partial charge in [-0.1, -0.05) is 12.1 Å². The first-order chi connectivity index (χ1) is 11.2. The molecule has 0 spiro atoms. The second kappa shape index (κ2) is 6.28. The van der Waals surface area contributed by atoms with Gasteiger partial charge >= 0.3 is 0 Å². The van der Waals surface area contributed by atoms with Gasteiger partial charge in [-0.2, -0.15) is 0 Å². The zero-order valence-corrected chi connectivity index (χ0v) is 12.5. The molecule has 1 aromatic carbocycles. The number of nitrogens with zero attached hydrogens (tertiary/aromatic N) is 3. The van der Waals surface area contributed by atoms with Crippen LogP contribution in [0.5, 0.6) is 0 Å². The molecule has 1 aromatic heterocycles. The number of hydrogen-bond donors (Lipinski definition) is 1. The molecule has 1 heterocycles. The van der Waals surface area contributed by atoms with Crippen molar-refractivity contribution in [3.63, 3.8) is 0 Å². The van der Waals surface area contributed by atoms with Crippen molar-refractivity contribution in [1.82, 2.24) is 4.57 Å². The van der Waals surface area contributed by atoms with Crippen molar-refractivity contribution in [2.75, 3.05) is 0 Å². The fourth-order valence-corrected chi connectivity index (χ4v) is 2.24. The zero-order chi connectivity index (χ0) is 18.0. The van der Waals surface area contributed by atoms with Crippen LogP contribution in [0.2, 0.25) is 0 Å². The molecule has 2 N–H and O–H groups in total. The zero-order valence-electron chi connectivity index (χ0n) is 12.5. The van der Waals surface area contributed by atoms with Gasteiger partial charge in [0, 0.05) is 17.7 Å². The van der Waals surface area contributed by atoms with Crippen LogP contribution in [-0.2, 0) is 6.54 Å². The lowest BCUT2D eigenvalue weighted by atomic mass is 10.1. The summed E-state index contributed by atoms with van der Waals surface area (Å²) in [5.74, 6) is -1.09. The third-order valence-electron chi connectivity index (χ3n) is 3.50. The first-order valence-electron chi connectivity index (χ1n) is 6.64. The van der Waals surface area contributed by atoms with Gasteiger partial charge in [0.1, 0.15) is 5.56 Å². The number of primary amides is 1. The summed E-state index contributed by atoms with van der Waals surface area (Å²) in [6.45, 7) is 1.33. The quantitative estimate of drug-likeness (QED) is 0.639. The molecule has 10 nitrogen and oxygen atoms in total. The minimum Gasteiger partial charge on any atom is -0.365 e. The van der Waals surface area contributed by atoms with Crippen molar-refractivity contribution in [3.05, 3.63) is 77.7 Å². The molecule has 124 valence electrons. The largest absolute Gasteiger partial charge is 0.365 e. The Labute approximate surface area is 134 Å². The molecule has 10 heteroatoms. The highest BCUT2D eigenvalue weighted by atomic mass is 16.6. The normalized spacial score (nSPS) is 10.4. The van der Waals surface area contributed by atoms with Gasteiger partial charge in [-0.05, 0) is 12.5 Å². The van der Waals surface area contributed by atoms with Crippen molar-refractivity contribution >= 4 is 17.3 Å². The molecule has 1 amide bonds. The molecule has 0 bridgehead atoms. The van der Waals surface area contributed by atoms with Crippen LogP contribution in [0.1, 0.15) is 21.5 Å². The van der Waals surface area contributed by atoms with Gasteiger partial charge in [-0.15, -0.1) is 0 Å². The monoisotopic (exact) mass is 332 g/mol. The van der Waals surface area contributed by atoms with E-state index >= 15 is 0 Å². The number of amides is 1. The van der Waals surface area contributed by atoms with E-state index in [0.717, 1.165) is 16.8 Å². The van der Waals surface area contributed by atoms with Crippen LogP contribution >= 0.6 is 0 Å².